The van der Waals surface area contributed by atoms with Gasteiger partial charge in [-0.1, -0.05) is 41.6 Å². The summed E-state index contributed by atoms with van der Waals surface area (Å²) in [6.45, 7) is 0. The molecule has 0 radical (unpaired) electrons. The van der Waals surface area contributed by atoms with Crippen LogP contribution in [0.3, 0.4) is 0 Å². The summed E-state index contributed by atoms with van der Waals surface area (Å²) in [5, 5.41) is 19.9. The van der Waals surface area contributed by atoms with Crippen LogP contribution < -0.4 is 5.73 Å². The summed E-state index contributed by atoms with van der Waals surface area (Å²) in [6, 6.07) is 11.0. The van der Waals surface area contributed by atoms with Crippen LogP contribution in [0.4, 0.5) is 5.82 Å². The number of hydrogen-bond donors (Lipinski definition) is 1. The number of ketones is 1. The first-order valence-corrected chi connectivity index (χ1v) is 8.97. The molecule has 0 aliphatic heterocycles. The number of rotatable bonds is 5. The van der Waals surface area contributed by atoms with E-state index in [9.17, 15) is 15.3 Å². The smallest absolute Gasteiger partial charge is 0.146 e. The molecule has 1 aliphatic carbocycles. The highest BCUT2D eigenvalue weighted by Gasteiger charge is 2.30. The Morgan fingerprint density at radius 1 is 1.28 bits per heavy atom. The molecule has 124 valence electrons. The van der Waals surface area contributed by atoms with Gasteiger partial charge < -0.3 is 5.73 Å². The predicted molar refractivity (Wildman–Crippen MR) is 97.0 cm³/mol. The highest BCUT2D eigenvalue weighted by Crippen LogP contribution is 2.39. The van der Waals surface area contributed by atoms with E-state index in [0.29, 0.717) is 21.2 Å². The van der Waals surface area contributed by atoms with Crippen molar-refractivity contribution in [2.45, 2.75) is 17.9 Å². The maximum absolute atomic E-state index is 12.0. The molecule has 1 aromatic carbocycles. The molecule has 1 saturated carbocycles. The van der Waals surface area contributed by atoms with Gasteiger partial charge in [-0.15, -0.1) is 0 Å². The quantitative estimate of drug-likeness (QED) is 0.805. The van der Waals surface area contributed by atoms with Gasteiger partial charge in [-0.05, 0) is 18.9 Å². The van der Waals surface area contributed by atoms with E-state index < -0.39 is 0 Å². The average molecular weight is 369 g/mol. The van der Waals surface area contributed by atoms with Crippen molar-refractivity contribution in [3.05, 3.63) is 40.4 Å². The van der Waals surface area contributed by atoms with Gasteiger partial charge in [-0.25, -0.2) is 4.98 Å². The van der Waals surface area contributed by atoms with Crippen molar-refractivity contribution in [3.63, 3.8) is 0 Å². The van der Waals surface area contributed by atoms with Gasteiger partial charge in [0.1, 0.15) is 34.3 Å². The third-order valence-electron chi connectivity index (χ3n) is 3.94. The molecule has 1 heterocycles. The van der Waals surface area contributed by atoms with Crippen LogP contribution in [0, 0.1) is 28.6 Å². The van der Waals surface area contributed by atoms with Gasteiger partial charge in [-0.3, -0.25) is 4.79 Å². The average Bonchev–Trinajstić information content (AvgIpc) is 3.44. The highest BCUT2D eigenvalue weighted by atomic mass is 35.5. The van der Waals surface area contributed by atoms with Crippen LogP contribution in [0.2, 0.25) is 5.02 Å². The number of nitrogens with two attached hydrogens (primary N) is 1. The fraction of sp³-hybridized carbons (Fsp3) is 0.222. The Balaban J connectivity index is 2.12. The number of nitrogens with zero attached hydrogens (tertiary/aromatic N) is 3. The van der Waals surface area contributed by atoms with Crippen molar-refractivity contribution in [2.24, 2.45) is 5.92 Å². The maximum atomic E-state index is 12.0. The van der Waals surface area contributed by atoms with E-state index in [4.69, 9.17) is 17.3 Å². The molecule has 7 heteroatoms. The number of benzene rings is 1. The van der Waals surface area contributed by atoms with Crippen molar-refractivity contribution in [1.82, 2.24) is 4.98 Å². The van der Waals surface area contributed by atoms with Crippen molar-refractivity contribution in [1.29, 1.82) is 10.5 Å². The first-order chi connectivity index (χ1) is 12.1. The van der Waals surface area contributed by atoms with Crippen LogP contribution in [-0.4, -0.2) is 16.5 Å². The number of nitriles is 2. The summed E-state index contributed by atoms with van der Waals surface area (Å²) in [5.74, 6) is 0.548. The Morgan fingerprint density at radius 3 is 2.56 bits per heavy atom. The van der Waals surface area contributed by atoms with E-state index >= 15 is 0 Å². The fourth-order valence-corrected chi connectivity index (χ4v) is 3.70. The third kappa shape index (κ3) is 3.46. The zero-order chi connectivity index (χ0) is 18.0. The lowest BCUT2D eigenvalue weighted by Crippen LogP contribution is -2.07. The minimum absolute atomic E-state index is 0.0257. The number of pyridine rings is 1. The predicted octanol–water partition coefficient (Wildman–Crippen LogP) is 3.80. The molecule has 0 saturated heterocycles. The second kappa shape index (κ2) is 7.14. The van der Waals surface area contributed by atoms with Crippen LogP contribution in [0.1, 0.15) is 24.0 Å². The van der Waals surface area contributed by atoms with Crippen LogP contribution in [0.25, 0.3) is 11.1 Å². The lowest BCUT2D eigenvalue weighted by molar-refractivity contribution is -0.117. The van der Waals surface area contributed by atoms with E-state index in [2.05, 4.69) is 11.1 Å². The Hall–Kier alpha value is -2.54. The largest absolute Gasteiger partial charge is 0.383 e. The summed E-state index contributed by atoms with van der Waals surface area (Å²) in [7, 11) is 0. The number of Topliss-reactive ketones (excluding diaryl/α,β-unsaturated/α-hetero) is 1. The molecule has 1 fully saturated rings. The standard InChI is InChI=1S/C18H13ClN4OS/c19-14-4-2-1-3-11(14)16-12(7-20)17(22)23-18(13(16)8-21)25-9-15(24)10-5-6-10/h1-4,10H,5-6,9H2,(H2,22,23). The molecule has 25 heavy (non-hydrogen) atoms. The van der Waals surface area contributed by atoms with E-state index in [-0.39, 0.29) is 34.4 Å². The number of nitrogen functional groups attached to an aromatic ring is 1. The normalized spacial score (nSPS) is 13.1. The Morgan fingerprint density at radius 2 is 1.96 bits per heavy atom. The SMILES string of the molecule is N#Cc1c(N)nc(SCC(=O)C2CC2)c(C#N)c1-c1ccccc1Cl. The zero-order valence-electron chi connectivity index (χ0n) is 13.1. The summed E-state index contributed by atoms with van der Waals surface area (Å²) in [5.41, 5.74) is 7.18. The number of thioether (sulfide) groups is 1. The summed E-state index contributed by atoms with van der Waals surface area (Å²) in [6.07, 6.45) is 1.86. The third-order valence-corrected chi connectivity index (χ3v) is 5.27. The molecule has 0 bridgehead atoms. The van der Waals surface area contributed by atoms with Crippen LogP contribution in [-0.2, 0) is 4.79 Å². The molecule has 0 amide bonds. The number of aromatic nitrogens is 1. The molecule has 0 unspecified atom stereocenters. The second-order valence-electron chi connectivity index (χ2n) is 5.66. The molecule has 5 nitrogen and oxygen atoms in total. The monoisotopic (exact) mass is 368 g/mol. The van der Waals surface area contributed by atoms with Gasteiger partial charge in [0.2, 0.25) is 0 Å². The van der Waals surface area contributed by atoms with Gasteiger partial charge in [0.05, 0.1) is 11.3 Å². The van der Waals surface area contributed by atoms with Crippen molar-refractivity contribution >= 4 is 35.0 Å². The van der Waals surface area contributed by atoms with Crippen molar-refractivity contribution in [3.8, 4) is 23.3 Å². The minimum atomic E-state index is 0.0257. The molecule has 0 spiro atoms. The highest BCUT2D eigenvalue weighted by molar-refractivity contribution is 8.00. The number of carbonyl (C=O) groups is 1. The van der Waals surface area contributed by atoms with Crippen molar-refractivity contribution < 1.29 is 4.79 Å². The molecule has 3 rings (SSSR count). The fourth-order valence-electron chi connectivity index (χ4n) is 2.50. The number of hydrogen-bond acceptors (Lipinski definition) is 6. The lowest BCUT2D eigenvalue weighted by Gasteiger charge is -2.13. The summed E-state index contributed by atoms with van der Waals surface area (Å²) >= 11 is 7.44. The van der Waals surface area contributed by atoms with Gasteiger partial charge in [0, 0.05) is 22.1 Å². The molecule has 2 aromatic rings. The van der Waals surface area contributed by atoms with Gasteiger partial charge in [0.25, 0.3) is 0 Å². The molecule has 0 atom stereocenters. The number of anilines is 1. The zero-order valence-corrected chi connectivity index (χ0v) is 14.7. The van der Waals surface area contributed by atoms with Crippen LogP contribution >= 0.6 is 23.4 Å². The number of halogens is 1. The minimum Gasteiger partial charge on any atom is -0.383 e. The maximum Gasteiger partial charge on any atom is 0.146 e. The van der Waals surface area contributed by atoms with E-state index in [1.54, 1.807) is 24.3 Å². The van der Waals surface area contributed by atoms with Crippen LogP contribution in [0.5, 0.6) is 0 Å². The van der Waals surface area contributed by atoms with E-state index in [0.717, 1.165) is 12.8 Å². The Labute approximate surface area is 154 Å². The van der Waals surface area contributed by atoms with Gasteiger partial charge in [-0.2, -0.15) is 10.5 Å². The number of carbonyl (C=O) groups excluding carboxylic acids is 1. The lowest BCUT2D eigenvalue weighted by atomic mass is 9.97. The second-order valence-corrected chi connectivity index (χ2v) is 7.03. The molecule has 2 N–H and O–H groups in total. The summed E-state index contributed by atoms with van der Waals surface area (Å²) in [4.78, 5) is 16.1. The van der Waals surface area contributed by atoms with E-state index in [1.165, 1.54) is 11.8 Å². The van der Waals surface area contributed by atoms with Gasteiger partial charge >= 0.3 is 0 Å². The topological polar surface area (TPSA) is 104 Å². The van der Waals surface area contributed by atoms with Crippen molar-refractivity contribution in [2.75, 3.05) is 11.5 Å². The molecule has 1 aliphatic rings. The van der Waals surface area contributed by atoms with Gasteiger partial charge in [0.15, 0.2) is 0 Å². The Bertz CT molecular complexity index is 941. The molecule has 1 aromatic heterocycles. The van der Waals surface area contributed by atoms with Crippen LogP contribution in [0.15, 0.2) is 29.3 Å². The molecular weight excluding hydrogens is 356 g/mol. The Kier molecular flexibility index (Phi) is 4.94. The molecular formula is C18H13ClN4OS. The first kappa shape index (κ1) is 17.3. The summed E-state index contributed by atoms with van der Waals surface area (Å²) < 4.78 is 0. The first-order valence-electron chi connectivity index (χ1n) is 7.61. The van der Waals surface area contributed by atoms with E-state index in [1.807, 2.05) is 6.07 Å².